The van der Waals surface area contributed by atoms with Crippen molar-refractivity contribution < 1.29 is 23.8 Å². The standard InChI is InChI=1S/C20H24N2O5/c1-4-15-5-7-18(8-6-15)27-14(2)20(24)22-21-19(23)13-26-17-11-9-16(25-3)10-12-17/h5-12,14H,4,13H2,1-3H3,(H,21,23)(H,22,24). The predicted molar refractivity (Wildman–Crippen MR) is 101 cm³/mol. The maximum absolute atomic E-state index is 12.0. The van der Waals surface area contributed by atoms with Crippen LogP contribution in [0.3, 0.4) is 0 Å². The number of aryl methyl sites for hydroxylation is 1. The number of carbonyl (C=O) groups is 2. The molecule has 144 valence electrons. The second-order valence-corrected chi connectivity index (χ2v) is 5.76. The Balaban J connectivity index is 1.71. The summed E-state index contributed by atoms with van der Waals surface area (Å²) < 4.78 is 15.9. The van der Waals surface area contributed by atoms with Gasteiger partial charge in [-0.05, 0) is 55.3 Å². The van der Waals surface area contributed by atoms with E-state index in [9.17, 15) is 9.59 Å². The second-order valence-electron chi connectivity index (χ2n) is 5.76. The minimum Gasteiger partial charge on any atom is -0.497 e. The van der Waals surface area contributed by atoms with Crippen molar-refractivity contribution in [2.75, 3.05) is 13.7 Å². The van der Waals surface area contributed by atoms with E-state index in [-0.39, 0.29) is 6.61 Å². The molecule has 2 amide bonds. The molecule has 27 heavy (non-hydrogen) atoms. The van der Waals surface area contributed by atoms with E-state index in [1.165, 1.54) is 5.56 Å². The molecule has 0 saturated heterocycles. The number of hydrogen-bond acceptors (Lipinski definition) is 5. The van der Waals surface area contributed by atoms with Gasteiger partial charge in [0.25, 0.3) is 11.8 Å². The molecule has 2 aromatic rings. The Morgan fingerprint density at radius 2 is 1.52 bits per heavy atom. The molecule has 0 radical (unpaired) electrons. The number of ether oxygens (including phenoxy) is 3. The zero-order valence-electron chi connectivity index (χ0n) is 15.7. The Morgan fingerprint density at radius 3 is 2.11 bits per heavy atom. The van der Waals surface area contributed by atoms with Gasteiger partial charge in [-0.2, -0.15) is 0 Å². The smallest absolute Gasteiger partial charge is 0.279 e. The van der Waals surface area contributed by atoms with Crippen LogP contribution in [0, 0.1) is 0 Å². The van der Waals surface area contributed by atoms with Crippen LogP contribution in [0.1, 0.15) is 19.4 Å². The highest BCUT2D eigenvalue weighted by molar-refractivity contribution is 5.85. The van der Waals surface area contributed by atoms with Gasteiger partial charge in [-0.25, -0.2) is 0 Å². The Bertz CT molecular complexity index is 744. The van der Waals surface area contributed by atoms with Gasteiger partial charge in [-0.3, -0.25) is 20.4 Å². The SMILES string of the molecule is CCc1ccc(OC(C)C(=O)NNC(=O)COc2ccc(OC)cc2)cc1. The van der Waals surface area contributed by atoms with Crippen molar-refractivity contribution in [3.05, 3.63) is 54.1 Å². The highest BCUT2D eigenvalue weighted by Crippen LogP contribution is 2.17. The zero-order chi connectivity index (χ0) is 19.6. The molecular weight excluding hydrogens is 348 g/mol. The molecule has 0 aliphatic carbocycles. The topological polar surface area (TPSA) is 85.9 Å². The lowest BCUT2D eigenvalue weighted by Gasteiger charge is -2.15. The van der Waals surface area contributed by atoms with Crippen LogP contribution in [-0.4, -0.2) is 31.6 Å². The molecule has 0 aliphatic heterocycles. The van der Waals surface area contributed by atoms with Crippen LogP contribution in [0.5, 0.6) is 17.2 Å². The second kappa shape index (κ2) is 10.1. The van der Waals surface area contributed by atoms with E-state index in [0.717, 1.165) is 6.42 Å². The van der Waals surface area contributed by atoms with Gasteiger partial charge in [-0.1, -0.05) is 19.1 Å². The molecule has 7 heteroatoms. The van der Waals surface area contributed by atoms with Crippen molar-refractivity contribution in [2.45, 2.75) is 26.4 Å². The Labute approximate surface area is 158 Å². The lowest BCUT2D eigenvalue weighted by Crippen LogP contribution is -2.48. The highest BCUT2D eigenvalue weighted by Gasteiger charge is 2.15. The number of methoxy groups -OCH3 is 1. The summed E-state index contributed by atoms with van der Waals surface area (Å²) in [6.07, 6.45) is 0.168. The molecule has 1 unspecified atom stereocenters. The Morgan fingerprint density at radius 1 is 0.926 bits per heavy atom. The van der Waals surface area contributed by atoms with Crippen LogP contribution in [0.15, 0.2) is 48.5 Å². The fourth-order valence-corrected chi connectivity index (χ4v) is 2.15. The van der Waals surface area contributed by atoms with Gasteiger partial charge in [0.05, 0.1) is 7.11 Å². The quantitative estimate of drug-likeness (QED) is 0.694. The fourth-order valence-electron chi connectivity index (χ4n) is 2.15. The van der Waals surface area contributed by atoms with Crippen molar-refractivity contribution in [1.29, 1.82) is 0 Å². The maximum atomic E-state index is 12.0. The van der Waals surface area contributed by atoms with Gasteiger partial charge in [0.2, 0.25) is 0 Å². The fraction of sp³-hybridized carbons (Fsp3) is 0.300. The lowest BCUT2D eigenvalue weighted by molar-refractivity contribution is -0.133. The maximum Gasteiger partial charge on any atom is 0.279 e. The van der Waals surface area contributed by atoms with Gasteiger partial charge >= 0.3 is 0 Å². The Hall–Kier alpha value is -3.22. The van der Waals surface area contributed by atoms with Crippen LogP contribution in [0.2, 0.25) is 0 Å². The first kappa shape index (κ1) is 20.1. The average Bonchev–Trinajstić information content (AvgIpc) is 2.71. The molecule has 0 heterocycles. The third-order valence-corrected chi connectivity index (χ3v) is 3.77. The lowest BCUT2D eigenvalue weighted by atomic mass is 10.2. The molecule has 2 aromatic carbocycles. The molecule has 0 spiro atoms. The molecule has 0 bridgehead atoms. The summed E-state index contributed by atoms with van der Waals surface area (Å²) >= 11 is 0. The van der Waals surface area contributed by atoms with Crippen LogP contribution < -0.4 is 25.1 Å². The number of benzene rings is 2. The summed E-state index contributed by atoms with van der Waals surface area (Å²) in [6, 6.07) is 14.3. The first-order valence-electron chi connectivity index (χ1n) is 8.63. The summed E-state index contributed by atoms with van der Waals surface area (Å²) in [7, 11) is 1.57. The number of hydrogen-bond donors (Lipinski definition) is 2. The van der Waals surface area contributed by atoms with Crippen LogP contribution in [0.25, 0.3) is 0 Å². The summed E-state index contributed by atoms with van der Waals surface area (Å²) in [5.41, 5.74) is 5.79. The monoisotopic (exact) mass is 372 g/mol. The molecule has 2 rings (SSSR count). The zero-order valence-corrected chi connectivity index (χ0v) is 15.7. The van der Waals surface area contributed by atoms with E-state index in [1.54, 1.807) is 38.3 Å². The average molecular weight is 372 g/mol. The molecule has 0 aromatic heterocycles. The minimum absolute atomic E-state index is 0.236. The molecule has 7 nitrogen and oxygen atoms in total. The minimum atomic E-state index is -0.764. The van der Waals surface area contributed by atoms with Crippen molar-refractivity contribution in [2.24, 2.45) is 0 Å². The Kier molecular flexibility index (Phi) is 7.49. The summed E-state index contributed by atoms with van der Waals surface area (Å²) in [6.45, 7) is 3.43. The van der Waals surface area contributed by atoms with Gasteiger partial charge < -0.3 is 14.2 Å². The number of nitrogens with one attached hydrogen (secondary N) is 2. The van der Waals surface area contributed by atoms with Crippen molar-refractivity contribution in [3.63, 3.8) is 0 Å². The van der Waals surface area contributed by atoms with Gasteiger partial charge in [0, 0.05) is 0 Å². The first-order chi connectivity index (χ1) is 13.0. The van der Waals surface area contributed by atoms with Gasteiger partial charge in [-0.15, -0.1) is 0 Å². The predicted octanol–water partition coefficient (Wildman–Crippen LogP) is 2.25. The largest absolute Gasteiger partial charge is 0.497 e. The van der Waals surface area contributed by atoms with Crippen LogP contribution >= 0.6 is 0 Å². The number of amides is 2. The number of hydrazine groups is 1. The van der Waals surface area contributed by atoms with Gasteiger partial charge in [0.15, 0.2) is 12.7 Å². The van der Waals surface area contributed by atoms with Crippen molar-refractivity contribution >= 4 is 11.8 Å². The summed E-state index contributed by atoms with van der Waals surface area (Å²) in [5.74, 6) is 0.844. The van der Waals surface area contributed by atoms with Crippen molar-refractivity contribution in [3.8, 4) is 17.2 Å². The number of carbonyl (C=O) groups excluding carboxylic acids is 2. The van der Waals surface area contributed by atoms with E-state index in [1.807, 2.05) is 24.3 Å². The van der Waals surface area contributed by atoms with Crippen LogP contribution in [0.4, 0.5) is 0 Å². The highest BCUT2D eigenvalue weighted by atomic mass is 16.5. The van der Waals surface area contributed by atoms with E-state index in [0.29, 0.717) is 17.2 Å². The molecular formula is C20H24N2O5. The normalized spacial score (nSPS) is 11.2. The van der Waals surface area contributed by atoms with E-state index in [4.69, 9.17) is 14.2 Å². The first-order valence-corrected chi connectivity index (χ1v) is 8.63. The van der Waals surface area contributed by atoms with Crippen LogP contribution in [-0.2, 0) is 16.0 Å². The summed E-state index contributed by atoms with van der Waals surface area (Å²) in [4.78, 5) is 23.8. The van der Waals surface area contributed by atoms with E-state index in [2.05, 4.69) is 17.8 Å². The summed E-state index contributed by atoms with van der Waals surface area (Å²) in [5, 5.41) is 0. The molecule has 0 aliphatic rings. The number of rotatable bonds is 8. The molecule has 0 saturated carbocycles. The molecule has 2 N–H and O–H groups in total. The van der Waals surface area contributed by atoms with Gasteiger partial charge in [0.1, 0.15) is 17.2 Å². The van der Waals surface area contributed by atoms with Crippen molar-refractivity contribution in [1.82, 2.24) is 10.9 Å². The molecule has 0 fully saturated rings. The third-order valence-electron chi connectivity index (χ3n) is 3.77. The third kappa shape index (κ3) is 6.54. The van der Waals surface area contributed by atoms with E-state index >= 15 is 0 Å². The van der Waals surface area contributed by atoms with E-state index < -0.39 is 17.9 Å². The molecule has 1 atom stereocenters.